The van der Waals surface area contributed by atoms with E-state index in [2.05, 4.69) is 18.9 Å². The van der Waals surface area contributed by atoms with Gasteiger partial charge in [0.2, 0.25) is 0 Å². The topological polar surface area (TPSA) is 49.5 Å². The van der Waals surface area contributed by atoms with Gasteiger partial charge in [-0.3, -0.25) is 4.90 Å². The van der Waals surface area contributed by atoms with Crippen LogP contribution < -0.4 is 5.73 Å². The summed E-state index contributed by atoms with van der Waals surface area (Å²) in [7, 11) is 2.16. The Morgan fingerprint density at radius 3 is 2.29 bits per heavy atom. The Morgan fingerprint density at radius 2 is 1.88 bits per heavy atom. The van der Waals surface area contributed by atoms with Gasteiger partial charge in [-0.1, -0.05) is 6.92 Å². The summed E-state index contributed by atoms with van der Waals surface area (Å²) in [6.07, 6.45) is 5.77. The van der Waals surface area contributed by atoms with Gasteiger partial charge >= 0.3 is 0 Å². The first kappa shape index (κ1) is 14.9. The van der Waals surface area contributed by atoms with Crippen LogP contribution in [0.4, 0.5) is 0 Å². The summed E-state index contributed by atoms with van der Waals surface area (Å²) < 4.78 is 0. The van der Waals surface area contributed by atoms with E-state index < -0.39 is 5.60 Å². The quantitative estimate of drug-likeness (QED) is 0.775. The first-order valence-electron chi connectivity index (χ1n) is 6.93. The fourth-order valence-corrected chi connectivity index (χ4v) is 2.72. The Morgan fingerprint density at radius 1 is 1.35 bits per heavy atom. The van der Waals surface area contributed by atoms with Crippen LogP contribution >= 0.6 is 0 Å². The van der Waals surface area contributed by atoms with Gasteiger partial charge in [0, 0.05) is 18.6 Å². The lowest BCUT2D eigenvalue weighted by atomic mass is 9.76. The molecule has 3 nitrogen and oxygen atoms in total. The van der Waals surface area contributed by atoms with Crippen molar-refractivity contribution in [2.45, 2.75) is 64.0 Å². The number of likely N-dealkylation sites (N-methyl/N-ethyl adjacent to an activating group) is 1. The molecule has 0 saturated heterocycles. The predicted molar refractivity (Wildman–Crippen MR) is 73.0 cm³/mol. The zero-order valence-electron chi connectivity index (χ0n) is 12.0. The summed E-state index contributed by atoms with van der Waals surface area (Å²) in [5, 5.41) is 9.81. The Balaban J connectivity index is 2.54. The molecule has 0 aromatic rings. The van der Waals surface area contributed by atoms with Crippen molar-refractivity contribution in [3.05, 3.63) is 0 Å². The molecule has 0 bridgehead atoms. The van der Waals surface area contributed by atoms with Crippen LogP contribution in [0, 0.1) is 5.92 Å². The van der Waals surface area contributed by atoms with E-state index in [1.165, 1.54) is 25.7 Å². The second-order valence-corrected chi connectivity index (χ2v) is 6.59. The van der Waals surface area contributed by atoms with Gasteiger partial charge in [-0.25, -0.2) is 0 Å². The molecule has 0 atom stereocenters. The van der Waals surface area contributed by atoms with Crippen molar-refractivity contribution in [2.75, 3.05) is 20.1 Å². The van der Waals surface area contributed by atoms with Crippen molar-refractivity contribution in [3.63, 3.8) is 0 Å². The largest absolute Gasteiger partial charge is 0.390 e. The third-order valence-electron chi connectivity index (χ3n) is 4.45. The van der Waals surface area contributed by atoms with Crippen molar-refractivity contribution < 1.29 is 5.11 Å². The Kier molecular flexibility index (Phi) is 4.99. The average molecular weight is 242 g/mol. The van der Waals surface area contributed by atoms with E-state index in [0.717, 1.165) is 25.4 Å². The predicted octanol–water partition coefficient (Wildman–Crippen LogP) is 1.99. The highest BCUT2D eigenvalue weighted by Gasteiger charge is 2.36. The number of rotatable bonds is 5. The molecule has 0 aliphatic heterocycles. The lowest BCUT2D eigenvalue weighted by Crippen LogP contribution is -2.54. The summed E-state index contributed by atoms with van der Waals surface area (Å²) >= 11 is 0. The van der Waals surface area contributed by atoms with Crippen LogP contribution in [0.5, 0.6) is 0 Å². The zero-order valence-corrected chi connectivity index (χ0v) is 12.0. The molecule has 17 heavy (non-hydrogen) atoms. The SMILES string of the molecule is CC1CCC(CN)(N(C)CCC(C)(C)O)CC1. The molecule has 0 spiro atoms. The molecule has 1 aliphatic carbocycles. The van der Waals surface area contributed by atoms with Crippen molar-refractivity contribution in [1.29, 1.82) is 0 Å². The molecular weight excluding hydrogens is 212 g/mol. The summed E-state index contributed by atoms with van der Waals surface area (Å²) in [6.45, 7) is 7.74. The van der Waals surface area contributed by atoms with E-state index in [4.69, 9.17) is 5.73 Å². The second kappa shape index (κ2) is 5.68. The van der Waals surface area contributed by atoms with Gasteiger partial charge in [0.05, 0.1) is 5.60 Å². The van der Waals surface area contributed by atoms with Crippen LogP contribution in [0.3, 0.4) is 0 Å². The fourth-order valence-electron chi connectivity index (χ4n) is 2.72. The second-order valence-electron chi connectivity index (χ2n) is 6.59. The minimum absolute atomic E-state index is 0.178. The molecule has 1 saturated carbocycles. The van der Waals surface area contributed by atoms with Crippen molar-refractivity contribution in [1.82, 2.24) is 4.90 Å². The molecule has 1 rings (SSSR count). The molecule has 102 valence electrons. The zero-order chi connectivity index (χ0) is 13.1. The highest BCUT2D eigenvalue weighted by atomic mass is 16.3. The standard InChI is InChI=1S/C14H30N2O/c1-12-5-7-14(11-15,8-6-12)16(4)10-9-13(2,3)17/h12,17H,5-11,15H2,1-4H3. The van der Waals surface area contributed by atoms with Crippen molar-refractivity contribution in [2.24, 2.45) is 11.7 Å². The van der Waals surface area contributed by atoms with Gasteiger partial charge in [0.25, 0.3) is 0 Å². The lowest BCUT2D eigenvalue weighted by Gasteiger charge is -2.46. The maximum Gasteiger partial charge on any atom is 0.0603 e. The van der Waals surface area contributed by atoms with Gasteiger partial charge in [0.15, 0.2) is 0 Å². The summed E-state index contributed by atoms with van der Waals surface area (Å²) in [5.41, 5.74) is 5.62. The molecule has 0 aromatic carbocycles. The summed E-state index contributed by atoms with van der Waals surface area (Å²) in [4.78, 5) is 2.39. The third kappa shape index (κ3) is 4.23. The van der Waals surface area contributed by atoms with E-state index in [0.29, 0.717) is 0 Å². The van der Waals surface area contributed by atoms with E-state index in [1.54, 1.807) is 0 Å². The fraction of sp³-hybridized carbons (Fsp3) is 1.00. The van der Waals surface area contributed by atoms with E-state index in [1.807, 2.05) is 13.8 Å². The van der Waals surface area contributed by atoms with Crippen molar-refractivity contribution >= 4 is 0 Å². The molecular formula is C14H30N2O. The van der Waals surface area contributed by atoms with Gasteiger partial charge in [-0.2, -0.15) is 0 Å². The number of nitrogens with zero attached hydrogens (tertiary/aromatic N) is 1. The van der Waals surface area contributed by atoms with E-state index >= 15 is 0 Å². The van der Waals surface area contributed by atoms with E-state index in [9.17, 15) is 5.11 Å². The van der Waals surface area contributed by atoms with Crippen LogP contribution in [-0.4, -0.2) is 41.3 Å². The molecule has 1 fully saturated rings. The summed E-state index contributed by atoms with van der Waals surface area (Å²) in [5.74, 6) is 0.845. The van der Waals surface area contributed by atoms with Crippen molar-refractivity contribution in [3.8, 4) is 0 Å². The molecule has 3 heteroatoms. The number of hydrogen-bond donors (Lipinski definition) is 2. The molecule has 3 N–H and O–H groups in total. The van der Waals surface area contributed by atoms with Crippen LogP contribution in [0.1, 0.15) is 52.9 Å². The summed E-state index contributed by atoms with van der Waals surface area (Å²) in [6, 6.07) is 0. The number of nitrogens with two attached hydrogens (primary N) is 1. The molecule has 0 radical (unpaired) electrons. The normalized spacial score (nSPS) is 30.9. The van der Waals surface area contributed by atoms with E-state index in [-0.39, 0.29) is 5.54 Å². The number of aliphatic hydroxyl groups is 1. The molecule has 0 heterocycles. The Bertz CT molecular complexity index is 227. The first-order chi connectivity index (χ1) is 7.79. The molecule has 0 unspecified atom stereocenters. The van der Waals surface area contributed by atoms with Gasteiger partial charge in [-0.05, 0) is 58.9 Å². The minimum Gasteiger partial charge on any atom is -0.390 e. The highest BCUT2D eigenvalue weighted by Crippen LogP contribution is 2.35. The highest BCUT2D eigenvalue weighted by molar-refractivity contribution is 4.94. The lowest BCUT2D eigenvalue weighted by molar-refractivity contribution is 0.0232. The smallest absolute Gasteiger partial charge is 0.0603 e. The van der Waals surface area contributed by atoms with Gasteiger partial charge in [0.1, 0.15) is 0 Å². The monoisotopic (exact) mass is 242 g/mol. The Hall–Kier alpha value is -0.120. The maximum absolute atomic E-state index is 9.81. The number of hydrogen-bond acceptors (Lipinski definition) is 3. The molecule has 1 aliphatic rings. The maximum atomic E-state index is 9.81. The van der Waals surface area contributed by atoms with Gasteiger partial charge in [-0.15, -0.1) is 0 Å². The Labute approximate surface area is 106 Å². The first-order valence-corrected chi connectivity index (χ1v) is 6.93. The van der Waals surface area contributed by atoms with Gasteiger partial charge < -0.3 is 10.8 Å². The molecule has 0 aromatic heterocycles. The third-order valence-corrected chi connectivity index (χ3v) is 4.45. The van der Waals surface area contributed by atoms with Crippen LogP contribution in [0.15, 0.2) is 0 Å². The average Bonchev–Trinajstić information content (AvgIpc) is 2.26. The minimum atomic E-state index is -0.577. The van der Waals surface area contributed by atoms with Crippen LogP contribution in [0.2, 0.25) is 0 Å². The molecule has 0 amide bonds. The van der Waals surface area contributed by atoms with Crippen LogP contribution in [-0.2, 0) is 0 Å². The van der Waals surface area contributed by atoms with Crippen LogP contribution in [0.25, 0.3) is 0 Å².